The second kappa shape index (κ2) is 10.1. The average molecular weight is 471 g/mol. The molecule has 2 N–H and O–H groups in total. The number of aliphatic imine (C=N–C) groups is 1. The van der Waals surface area contributed by atoms with Gasteiger partial charge in [-0.1, -0.05) is 26.8 Å². The molecule has 180 valence electrons. The van der Waals surface area contributed by atoms with Crippen molar-refractivity contribution in [1.82, 2.24) is 15.4 Å². The van der Waals surface area contributed by atoms with E-state index in [4.69, 9.17) is 9.72 Å². The number of hydrogen-bond donors (Lipinski definition) is 2. The first kappa shape index (κ1) is 25.1. The standard InChI is InChI=1S/C25H38N6OS/c1-16(2)26-15-30(8)20-11-10-18(12-21(20)32-9)19-14-33-24(27-19)28-23-13-22(25(5,6)7)29-31(23)17(3)4/h10-17,22,29H,1-9H3,(H,27,28)/b26-15-. The minimum atomic E-state index is 0.121. The summed E-state index contributed by atoms with van der Waals surface area (Å²) in [5.74, 6) is 1.83. The molecule has 1 aromatic carbocycles. The minimum absolute atomic E-state index is 0.121. The first-order chi connectivity index (χ1) is 15.5. The van der Waals surface area contributed by atoms with Gasteiger partial charge in [-0.3, -0.25) is 10.0 Å². The second-order valence-electron chi connectivity index (χ2n) is 10.0. The van der Waals surface area contributed by atoms with E-state index in [1.165, 1.54) is 0 Å². The molecule has 2 heterocycles. The molecule has 2 aromatic rings. The van der Waals surface area contributed by atoms with Crippen LogP contribution in [0.5, 0.6) is 5.75 Å². The van der Waals surface area contributed by atoms with Crippen molar-refractivity contribution in [2.24, 2.45) is 10.4 Å². The monoisotopic (exact) mass is 470 g/mol. The van der Waals surface area contributed by atoms with Gasteiger partial charge in [-0.25, -0.2) is 10.4 Å². The lowest BCUT2D eigenvalue weighted by Gasteiger charge is -2.31. The van der Waals surface area contributed by atoms with Gasteiger partial charge >= 0.3 is 0 Å². The average Bonchev–Trinajstić information content (AvgIpc) is 3.39. The summed E-state index contributed by atoms with van der Waals surface area (Å²) in [6, 6.07) is 6.97. The number of anilines is 2. The fraction of sp³-hybridized carbons (Fsp3) is 0.520. The van der Waals surface area contributed by atoms with Gasteiger partial charge in [0.25, 0.3) is 0 Å². The van der Waals surface area contributed by atoms with Gasteiger partial charge in [0.15, 0.2) is 5.13 Å². The number of thiazole rings is 1. The molecule has 0 aliphatic carbocycles. The Kier molecular flexibility index (Phi) is 7.69. The molecule has 7 nitrogen and oxygen atoms in total. The van der Waals surface area contributed by atoms with E-state index in [0.29, 0.717) is 6.04 Å². The van der Waals surface area contributed by atoms with Crippen LogP contribution in [0.1, 0.15) is 48.5 Å². The first-order valence-electron chi connectivity index (χ1n) is 11.4. The van der Waals surface area contributed by atoms with E-state index in [9.17, 15) is 0 Å². The quantitative estimate of drug-likeness (QED) is 0.387. The second-order valence-corrected chi connectivity index (χ2v) is 10.9. The molecule has 1 atom stereocenters. The summed E-state index contributed by atoms with van der Waals surface area (Å²) in [7, 11) is 3.67. The van der Waals surface area contributed by atoms with Crippen LogP contribution >= 0.6 is 11.3 Å². The topological polar surface area (TPSA) is 65.0 Å². The maximum atomic E-state index is 5.67. The smallest absolute Gasteiger partial charge is 0.188 e. The van der Waals surface area contributed by atoms with Crippen LogP contribution in [-0.2, 0) is 0 Å². The molecule has 0 saturated heterocycles. The minimum Gasteiger partial charge on any atom is -0.495 e. The summed E-state index contributed by atoms with van der Waals surface area (Å²) in [6.45, 7) is 15.2. The van der Waals surface area contributed by atoms with E-state index in [2.05, 4.69) is 86.7 Å². The van der Waals surface area contributed by atoms with E-state index in [0.717, 1.165) is 33.6 Å². The molecule has 0 spiro atoms. The third kappa shape index (κ3) is 6.06. The molecule has 33 heavy (non-hydrogen) atoms. The third-order valence-electron chi connectivity index (χ3n) is 5.44. The van der Waals surface area contributed by atoms with Crippen molar-refractivity contribution in [3.05, 3.63) is 35.5 Å². The largest absolute Gasteiger partial charge is 0.495 e. The fourth-order valence-corrected chi connectivity index (χ4v) is 4.19. The molecule has 1 aliphatic heterocycles. The molecule has 0 bridgehead atoms. The van der Waals surface area contributed by atoms with Gasteiger partial charge in [0.2, 0.25) is 0 Å². The van der Waals surface area contributed by atoms with E-state index in [-0.39, 0.29) is 17.5 Å². The van der Waals surface area contributed by atoms with Gasteiger partial charge in [0.1, 0.15) is 11.6 Å². The van der Waals surface area contributed by atoms with Crippen molar-refractivity contribution >= 4 is 28.5 Å². The molecule has 0 amide bonds. The van der Waals surface area contributed by atoms with E-state index < -0.39 is 0 Å². The van der Waals surface area contributed by atoms with Crippen LogP contribution in [0.2, 0.25) is 0 Å². The molecule has 3 rings (SSSR count). The van der Waals surface area contributed by atoms with Crippen molar-refractivity contribution in [3.63, 3.8) is 0 Å². The highest BCUT2D eigenvalue weighted by Crippen LogP contribution is 2.35. The predicted molar refractivity (Wildman–Crippen MR) is 141 cm³/mol. The number of hydrazine groups is 1. The van der Waals surface area contributed by atoms with E-state index in [1.54, 1.807) is 18.4 Å². The third-order valence-corrected chi connectivity index (χ3v) is 6.20. The summed E-state index contributed by atoms with van der Waals surface area (Å²) in [5, 5.41) is 8.65. The molecule has 0 fully saturated rings. The Morgan fingerprint density at radius 1 is 1.27 bits per heavy atom. The molecule has 0 saturated carbocycles. The lowest BCUT2D eigenvalue weighted by molar-refractivity contribution is 0.164. The number of hydrogen-bond acceptors (Lipinski definition) is 7. The van der Waals surface area contributed by atoms with E-state index >= 15 is 0 Å². The Balaban J connectivity index is 1.81. The summed E-state index contributed by atoms with van der Waals surface area (Å²) in [6.07, 6.45) is 4.09. The Bertz CT molecular complexity index is 1000. The highest BCUT2D eigenvalue weighted by Gasteiger charge is 2.32. The van der Waals surface area contributed by atoms with Crippen LogP contribution < -0.4 is 20.4 Å². The SMILES string of the molecule is COc1cc(-c2csc(NC3=CC(C(C)(C)C)NN3C(C)C)n2)ccc1N(C)/C=N\C(C)C. The highest BCUT2D eigenvalue weighted by molar-refractivity contribution is 7.14. The number of ether oxygens (including phenoxy) is 1. The Hall–Kier alpha value is -2.58. The Morgan fingerprint density at radius 3 is 2.61 bits per heavy atom. The van der Waals surface area contributed by atoms with Crippen molar-refractivity contribution < 1.29 is 4.74 Å². The zero-order valence-corrected chi connectivity index (χ0v) is 22.1. The maximum Gasteiger partial charge on any atom is 0.188 e. The van der Waals surface area contributed by atoms with Gasteiger partial charge in [-0.15, -0.1) is 11.3 Å². The number of aromatic nitrogens is 1. The number of methoxy groups -OCH3 is 1. The molecule has 0 radical (unpaired) electrons. The predicted octanol–water partition coefficient (Wildman–Crippen LogP) is 5.59. The van der Waals surface area contributed by atoms with Crippen molar-refractivity contribution in [3.8, 4) is 17.0 Å². The van der Waals surface area contributed by atoms with Crippen molar-refractivity contribution in [1.29, 1.82) is 0 Å². The van der Waals surface area contributed by atoms with Crippen LogP contribution in [0.3, 0.4) is 0 Å². The number of benzene rings is 1. The molecule has 1 aliphatic rings. The summed E-state index contributed by atoms with van der Waals surface area (Å²) in [4.78, 5) is 11.3. The molecule has 1 unspecified atom stereocenters. The summed E-state index contributed by atoms with van der Waals surface area (Å²) >= 11 is 1.60. The Morgan fingerprint density at radius 2 is 2.00 bits per heavy atom. The number of rotatable bonds is 8. The van der Waals surface area contributed by atoms with Crippen molar-refractivity contribution in [2.75, 3.05) is 24.4 Å². The van der Waals surface area contributed by atoms with Gasteiger partial charge in [0.05, 0.1) is 30.9 Å². The highest BCUT2D eigenvalue weighted by atomic mass is 32.1. The fourth-order valence-electron chi connectivity index (χ4n) is 3.46. The first-order valence-corrected chi connectivity index (χ1v) is 12.3. The number of nitrogens with one attached hydrogen (secondary N) is 2. The van der Waals surface area contributed by atoms with Crippen LogP contribution in [0, 0.1) is 5.41 Å². The molecular weight excluding hydrogens is 432 g/mol. The van der Waals surface area contributed by atoms with Crippen LogP contribution in [-0.4, -0.2) is 48.6 Å². The number of nitrogens with zero attached hydrogens (tertiary/aromatic N) is 4. The summed E-state index contributed by atoms with van der Waals surface area (Å²) in [5.41, 5.74) is 6.63. The zero-order valence-electron chi connectivity index (χ0n) is 21.3. The van der Waals surface area contributed by atoms with Crippen LogP contribution in [0.15, 0.2) is 40.5 Å². The van der Waals surface area contributed by atoms with Crippen molar-refractivity contribution in [2.45, 2.75) is 66.6 Å². The lowest BCUT2D eigenvalue weighted by Crippen LogP contribution is -2.46. The lowest BCUT2D eigenvalue weighted by atomic mass is 9.87. The maximum absolute atomic E-state index is 5.67. The van der Waals surface area contributed by atoms with Crippen LogP contribution in [0.4, 0.5) is 10.8 Å². The molecular formula is C25H38N6OS. The van der Waals surface area contributed by atoms with Gasteiger partial charge in [0, 0.05) is 30.1 Å². The molecule has 8 heteroatoms. The summed E-state index contributed by atoms with van der Waals surface area (Å²) < 4.78 is 5.67. The van der Waals surface area contributed by atoms with Gasteiger partial charge in [-0.2, -0.15) is 0 Å². The Labute approximate surface area is 202 Å². The normalized spacial score (nSPS) is 16.8. The molecule has 1 aromatic heterocycles. The van der Waals surface area contributed by atoms with Crippen LogP contribution in [0.25, 0.3) is 11.3 Å². The van der Waals surface area contributed by atoms with E-state index in [1.807, 2.05) is 30.4 Å². The van der Waals surface area contributed by atoms with Gasteiger partial charge < -0.3 is 15.0 Å². The zero-order chi connectivity index (χ0) is 24.3. The van der Waals surface area contributed by atoms with Gasteiger partial charge in [-0.05, 0) is 51.3 Å².